The van der Waals surface area contributed by atoms with Gasteiger partial charge in [0.1, 0.15) is 0 Å². The van der Waals surface area contributed by atoms with Gasteiger partial charge < -0.3 is 21.7 Å². The first-order chi connectivity index (χ1) is 7.36. The van der Waals surface area contributed by atoms with Crippen molar-refractivity contribution in [1.29, 1.82) is 0 Å². The number of hydrogen-bond acceptors (Lipinski definition) is 2. The minimum absolute atomic E-state index is 0. The van der Waals surface area contributed by atoms with E-state index in [1.807, 2.05) is 0 Å². The van der Waals surface area contributed by atoms with Crippen molar-refractivity contribution in [2.45, 2.75) is 44.7 Å². The van der Waals surface area contributed by atoms with Crippen molar-refractivity contribution in [3.63, 3.8) is 0 Å². The maximum Gasteiger partial charge on any atom is 2.00 e. The molecule has 0 radical (unpaired) electrons. The third-order valence-corrected chi connectivity index (χ3v) is 2.51. The number of aliphatic carboxylic acids is 2. The van der Waals surface area contributed by atoms with Crippen molar-refractivity contribution in [3.8, 4) is 0 Å². The van der Waals surface area contributed by atoms with Gasteiger partial charge in [-0.25, -0.2) is 0 Å². The van der Waals surface area contributed by atoms with E-state index in [2.05, 4.69) is 0 Å². The zero-order valence-electron chi connectivity index (χ0n) is 9.59. The minimum Gasteiger partial charge on any atom is -0.676 e. The van der Waals surface area contributed by atoms with Crippen LogP contribution >= 0.6 is 0 Å². The molecule has 0 heterocycles. The predicted octanol–water partition coefficient (Wildman–Crippen LogP) is 2.19. The zero-order chi connectivity index (χ0) is 12.7. The van der Waals surface area contributed by atoms with Gasteiger partial charge in [0, 0.05) is 0 Å². The van der Waals surface area contributed by atoms with Crippen LogP contribution in [0.2, 0.25) is 0 Å². The topological polar surface area (TPSA) is 122 Å². The van der Waals surface area contributed by atoms with Gasteiger partial charge in [0.25, 0.3) is 0 Å². The minimum atomic E-state index is -1.31. The summed E-state index contributed by atoms with van der Waals surface area (Å²) < 4.78 is 0. The van der Waals surface area contributed by atoms with E-state index in [1.165, 1.54) is 12.8 Å². The predicted molar refractivity (Wildman–Crippen MR) is 59.1 cm³/mol. The first kappa shape index (κ1) is 18.9. The molecule has 7 heteroatoms. The van der Waals surface area contributed by atoms with Crippen LogP contribution in [0.15, 0.2) is 0 Å². The molecule has 0 aliphatic heterocycles. The van der Waals surface area contributed by atoms with E-state index in [0.29, 0.717) is 0 Å². The Bertz CT molecular complexity index is 226. The molecule has 6 nitrogen and oxygen atoms in total. The number of rotatable bonds is 2. The molecule has 0 amide bonds. The van der Waals surface area contributed by atoms with Gasteiger partial charge in [-0.15, -0.1) is 0 Å². The molecule has 1 aliphatic rings. The van der Waals surface area contributed by atoms with Crippen molar-refractivity contribution in [3.05, 3.63) is 11.5 Å². The number of carboxylic acids is 2. The Kier molecular flexibility index (Phi) is 10.6. The molecule has 1 rings (SSSR count). The van der Waals surface area contributed by atoms with E-state index in [0.717, 1.165) is 19.8 Å². The van der Waals surface area contributed by atoms with Crippen LogP contribution in [0.1, 0.15) is 32.6 Å². The van der Waals surface area contributed by atoms with Crippen LogP contribution in [0.4, 0.5) is 0 Å². The molecule has 1 saturated carbocycles. The van der Waals surface area contributed by atoms with Crippen molar-refractivity contribution < 1.29 is 40.9 Å². The molecule has 0 aromatic rings. The molecule has 1 fully saturated rings. The molecule has 0 bridgehead atoms. The molecule has 0 saturated heterocycles. The Morgan fingerprint density at radius 2 is 1.35 bits per heavy atom. The molecule has 0 spiro atoms. The smallest absolute Gasteiger partial charge is 0.676 e. The van der Waals surface area contributed by atoms with Crippen LogP contribution in [0, 0.1) is 5.92 Å². The summed E-state index contributed by atoms with van der Waals surface area (Å²) >= 11 is 0. The van der Waals surface area contributed by atoms with Crippen LogP contribution in [-0.4, -0.2) is 34.2 Å². The van der Waals surface area contributed by atoms with E-state index < -0.39 is 17.9 Å². The Balaban J connectivity index is 0. The first-order valence-corrected chi connectivity index (χ1v) is 5.24. The van der Waals surface area contributed by atoms with E-state index in [4.69, 9.17) is 21.7 Å². The van der Waals surface area contributed by atoms with Crippen LogP contribution in [0.25, 0.3) is 11.5 Å². The monoisotopic (exact) mass is 425 g/mol. The van der Waals surface area contributed by atoms with Crippen molar-refractivity contribution >= 4 is 11.9 Å². The third-order valence-electron chi connectivity index (χ3n) is 2.51. The first-order valence-electron chi connectivity index (χ1n) is 5.24. The van der Waals surface area contributed by atoms with Crippen molar-refractivity contribution in [2.24, 2.45) is 5.92 Å². The molecule has 2 atom stereocenters. The molecule has 0 aromatic carbocycles. The molecule has 4 N–H and O–H groups in total. The molecule has 1 aliphatic carbocycles. The van der Waals surface area contributed by atoms with Crippen LogP contribution in [0.5, 0.6) is 0 Å². The largest absolute Gasteiger partial charge is 2.00 e. The van der Waals surface area contributed by atoms with E-state index in [1.54, 1.807) is 0 Å². The van der Waals surface area contributed by atoms with E-state index in [-0.39, 0.29) is 33.1 Å². The fourth-order valence-electron chi connectivity index (χ4n) is 1.24. The quantitative estimate of drug-likeness (QED) is 0.659. The van der Waals surface area contributed by atoms with Crippen LogP contribution in [-0.2, 0) is 30.7 Å². The van der Waals surface area contributed by atoms with Gasteiger partial charge in [0.05, 0.1) is 0 Å². The summed E-state index contributed by atoms with van der Waals surface area (Å²) in [5.74, 6) is -3.91. The number of carboxylic acid groups (broad SMARTS) is 2. The van der Waals surface area contributed by atoms with Gasteiger partial charge in [0.2, 0.25) is 0 Å². The zero-order valence-corrected chi connectivity index (χ0v) is 11.9. The second kappa shape index (κ2) is 9.57. The van der Waals surface area contributed by atoms with Gasteiger partial charge in [-0.1, -0.05) is 25.7 Å². The Morgan fingerprint density at radius 3 is 1.47 bits per heavy atom. The molecule has 0 aromatic heterocycles. The van der Waals surface area contributed by atoms with E-state index >= 15 is 0 Å². The average molecular weight is 425 g/mol. The number of hydrogen-bond donors (Lipinski definition) is 2. The molecular weight excluding hydrogens is 407 g/mol. The van der Waals surface area contributed by atoms with Crippen molar-refractivity contribution in [1.82, 2.24) is 0 Å². The molecule has 2 unspecified atom stereocenters. The normalized spacial score (nSPS) is 23.1. The summed E-state index contributed by atoms with van der Waals surface area (Å²) in [4.78, 5) is 19.5. The average Bonchev–Trinajstić information content (AvgIpc) is 2.22. The molecular formula is C10H18N2O4Pt. The maximum atomic E-state index is 9.76. The summed E-state index contributed by atoms with van der Waals surface area (Å²) in [6, 6.07) is -0.160. The third kappa shape index (κ3) is 8.30. The Labute approximate surface area is 115 Å². The second-order valence-electron chi connectivity index (χ2n) is 3.90. The Hall–Kier alpha value is -0.452. The number of carbonyl (C=O) groups is 2. The maximum absolute atomic E-state index is 9.76. The number of nitrogens with one attached hydrogen (secondary N) is 2. The summed E-state index contributed by atoms with van der Waals surface area (Å²) in [5.41, 5.74) is 14.6. The van der Waals surface area contributed by atoms with Gasteiger partial charge in [-0.3, -0.25) is 9.59 Å². The fraction of sp³-hybridized carbons (Fsp3) is 0.800. The summed E-state index contributed by atoms with van der Waals surface area (Å²) in [7, 11) is 0. The van der Waals surface area contributed by atoms with Crippen LogP contribution < -0.4 is 0 Å². The Morgan fingerprint density at radius 1 is 1.06 bits per heavy atom. The van der Waals surface area contributed by atoms with E-state index in [9.17, 15) is 9.59 Å². The van der Waals surface area contributed by atoms with Gasteiger partial charge >= 0.3 is 33.0 Å². The fourth-order valence-corrected chi connectivity index (χ4v) is 1.24. The van der Waals surface area contributed by atoms with Crippen LogP contribution in [0.3, 0.4) is 0 Å². The standard InChI is InChI=1S/C6H12N2.C4H6O4.Pt/c7-5-3-1-2-4-6(5)8;1-2(3(5)6)4(7)8;/h5-8H,1-4H2;2H,1H3,(H,5,6)(H,7,8);/q-2;;+2. The molecule has 102 valence electrons. The van der Waals surface area contributed by atoms with Gasteiger partial charge in [-0.05, 0) is 6.92 Å². The van der Waals surface area contributed by atoms with Gasteiger partial charge in [-0.2, -0.15) is 12.1 Å². The summed E-state index contributed by atoms with van der Waals surface area (Å²) in [6.07, 6.45) is 4.25. The van der Waals surface area contributed by atoms with Gasteiger partial charge in [0.15, 0.2) is 5.92 Å². The molecule has 17 heavy (non-hydrogen) atoms. The second-order valence-corrected chi connectivity index (χ2v) is 3.90. The summed E-state index contributed by atoms with van der Waals surface area (Å²) in [6.45, 7) is 1.12. The SMILES string of the molecule is CC(C(=O)O)C(=O)O.[NH-]C1CCCCC1[NH-].[Pt+2]. The summed E-state index contributed by atoms with van der Waals surface area (Å²) in [5, 5.41) is 15.9. The van der Waals surface area contributed by atoms with Crippen molar-refractivity contribution in [2.75, 3.05) is 0 Å².